The highest BCUT2D eigenvalue weighted by molar-refractivity contribution is 7.26. The molecule has 2 aromatic carbocycles. The summed E-state index contributed by atoms with van der Waals surface area (Å²) in [6, 6.07) is 13.5. The van der Waals surface area contributed by atoms with Crippen molar-refractivity contribution in [1.29, 1.82) is 0 Å². The largest absolute Gasteiger partial charge is 0.235 e. The number of thiophene rings is 3. The third-order valence-electron chi connectivity index (χ3n) is 5.48. The Hall–Kier alpha value is -2.34. The normalized spacial score (nSPS) is 12.7. The van der Waals surface area contributed by atoms with Crippen LogP contribution >= 0.6 is 34.0 Å². The van der Waals surface area contributed by atoms with E-state index in [4.69, 9.17) is 9.97 Å². The van der Waals surface area contributed by atoms with Gasteiger partial charge in [-0.25, -0.2) is 9.97 Å². The maximum absolute atomic E-state index is 4.76. The molecule has 0 atom stereocenters. The maximum atomic E-state index is 4.76. The van der Waals surface area contributed by atoms with Gasteiger partial charge >= 0.3 is 0 Å². The van der Waals surface area contributed by atoms with Gasteiger partial charge in [0.2, 0.25) is 0 Å². The van der Waals surface area contributed by atoms with Gasteiger partial charge in [0.25, 0.3) is 0 Å². The minimum Gasteiger partial charge on any atom is -0.235 e. The van der Waals surface area contributed by atoms with Crippen LogP contribution in [0.5, 0.6) is 0 Å². The second-order valence-electron chi connectivity index (χ2n) is 8.39. The van der Waals surface area contributed by atoms with Crippen LogP contribution in [0.15, 0.2) is 53.5 Å². The van der Waals surface area contributed by atoms with Gasteiger partial charge in [-0.3, -0.25) is 0 Å². The van der Waals surface area contributed by atoms with Gasteiger partial charge in [0, 0.05) is 30.4 Å². The molecule has 2 nitrogen and oxygen atoms in total. The number of hydrogen-bond acceptors (Lipinski definition) is 5. The molecule has 29 heavy (non-hydrogen) atoms. The van der Waals surface area contributed by atoms with Crippen LogP contribution < -0.4 is 0 Å². The average molecular weight is 431 g/mol. The molecule has 5 heteroatoms. The van der Waals surface area contributed by atoms with Crippen molar-refractivity contribution in [3.05, 3.63) is 59.0 Å². The second kappa shape index (κ2) is 6.08. The van der Waals surface area contributed by atoms with E-state index in [2.05, 4.69) is 67.9 Å². The fraction of sp³-hybridized carbons (Fsp3) is 0.167. The van der Waals surface area contributed by atoms with Crippen LogP contribution in [-0.2, 0) is 5.41 Å². The molecule has 0 aliphatic carbocycles. The summed E-state index contributed by atoms with van der Waals surface area (Å²) < 4.78 is 5.14. The summed E-state index contributed by atoms with van der Waals surface area (Å²) in [7, 11) is 0. The summed E-state index contributed by atoms with van der Waals surface area (Å²) in [6.45, 7) is 6.86. The van der Waals surface area contributed by atoms with Crippen molar-refractivity contribution in [3.63, 3.8) is 0 Å². The van der Waals surface area contributed by atoms with Gasteiger partial charge in [-0.15, -0.1) is 34.0 Å². The third kappa shape index (κ3) is 2.58. The van der Waals surface area contributed by atoms with E-state index in [1.54, 1.807) is 29.0 Å². The molecule has 0 unspecified atom stereocenters. The second-order valence-corrected chi connectivity index (χ2v) is 11.3. The lowest BCUT2D eigenvalue weighted by Gasteiger charge is -2.21. The van der Waals surface area contributed by atoms with Gasteiger partial charge in [-0.1, -0.05) is 20.8 Å². The highest BCUT2D eigenvalue weighted by atomic mass is 32.1. The molecule has 0 fully saturated rings. The Balaban J connectivity index is 1.71. The molecule has 0 saturated heterocycles. The molecule has 0 amide bonds. The summed E-state index contributed by atoms with van der Waals surface area (Å²) in [4.78, 5) is 9.47. The summed E-state index contributed by atoms with van der Waals surface area (Å²) in [6.07, 6.45) is 1.73. The number of aromatic nitrogens is 2. The van der Waals surface area contributed by atoms with E-state index in [-0.39, 0.29) is 5.41 Å². The van der Waals surface area contributed by atoms with Crippen molar-refractivity contribution in [2.45, 2.75) is 26.2 Å². The van der Waals surface area contributed by atoms with Crippen LogP contribution in [0.3, 0.4) is 0 Å². The zero-order chi connectivity index (χ0) is 19.8. The molecule has 0 saturated carbocycles. The Morgan fingerprint density at radius 1 is 0.828 bits per heavy atom. The topological polar surface area (TPSA) is 25.8 Å². The number of benzene rings is 2. The number of hydrogen-bond donors (Lipinski definition) is 0. The van der Waals surface area contributed by atoms with E-state index in [0.29, 0.717) is 0 Å². The van der Waals surface area contributed by atoms with E-state index in [9.17, 15) is 0 Å². The fourth-order valence-electron chi connectivity index (χ4n) is 4.09. The van der Waals surface area contributed by atoms with Crippen molar-refractivity contribution in [1.82, 2.24) is 9.97 Å². The minimum atomic E-state index is 0.0776. The summed E-state index contributed by atoms with van der Waals surface area (Å²) >= 11 is 5.41. The molecule has 0 spiro atoms. The fourth-order valence-corrected chi connectivity index (χ4v) is 7.18. The van der Waals surface area contributed by atoms with E-state index in [1.165, 1.54) is 46.1 Å². The Labute approximate surface area is 180 Å². The van der Waals surface area contributed by atoms with Crippen molar-refractivity contribution in [2.75, 3.05) is 0 Å². The molecule has 0 aliphatic rings. The monoisotopic (exact) mass is 430 g/mol. The van der Waals surface area contributed by atoms with Crippen molar-refractivity contribution in [3.8, 4) is 11.3 Å². The summed E-state index contributed by atoms with van der Waals surface area (Å²) in [5, 5.41) is 8.21. The minimum absolute atomic E-state index is 0.0776. The van der Waals surface area contributed by atoms with Crippen molar-refractivity contribution >= 4 is 74.5 Å². The van der Waals surface area contributed by atoms with Crippen LogP contribution in [0.25, 0.3) is 51.7 Å². The molecule has 142 valence electrons. The van der Waals surface area contributed by atoms with Gasteiger partial charge in [-0.05, 0) is 63.5 Å². The maximum Gasteiger partial charge on any atom is 0.116 e. The average Bonchev–Trinajstić information content (AvgIpc) is 3.42. The summed E-state index contributed by atoms with van der Waals surface area (Å²) in [5.74, 6) is 0. The number of fused-ring (bicyclic) bond motifs is 6. The van der Waals surface area contributed by atoms with Gasteiger partial charge < -0.3 is 0 Å². The Morgan fingerprint density at radius 3 is 2.52 bits per heavy atom. The van der Waals surface area contributed by atoms with Crippen molar-refractivity contribution < 1.29 is 0 Å². The van der Waals surface area contributed by atoms with E-state index < -0.39 is 0 Å². The smallest absolute Gasteiger partial charge is 0.116 e. The lowest BCUT2D eigenvalue weighted by molar-refractivity contribution is 0.597. The van der Waals surface area contributed by atoms with E-state index >= 15 is 0 Å². The van der Waals surface area contributed by atoms with E-state index in [0.717, 1.165) is 11.2 Å². The molecule has 6 aromatic rings. The van der Waals surface area contributed by atoms with Gasteiger partial charge in [0.1, 0.15) is 6.33 Å². The Kier molecular flexibility index (Phi) is 3.67. The highest BCUT2D eigenvalue weighted by Crippen LogP contribution is 2.43. The zero-order valence-corrected chi connectivity index (χ0v) is 18.8. The molecule has 0 radical (unpaired) electrons. The molecule has 0 N–H and O–H groups in total. The van der Waals surface area contributed by atoms with Gasteiger partial charge in [-0.2, -0.15) is 0 Å². The lowest BCUT2D eigenvalue weighted by Crippen LogP contribution is -2.11. The quantitative estimate of drug-likeness (QED) is 0.262. The molecule has 0 bridgehead atoms. The molecule has 4 aromatic heterocycles. The van der Waals surface area contributed by atoms with Crippen LogP contribution in [0.2, 0.25) is 0 Å². The molecular formula is C24H18N2S3. The van der Waals surface area contributed by atoms with Gasteiger partial charge in [0.05, 0.1) is 15.9 Å². The van der Waals surface area contributed by atoms with Crippen molar-refractivity contribution in [2.24, 2.45) is 0 Å². The first-order chi connectivity index (χ1) is 14.0. The van der Waals surface area contributed by atoms with Crippen LogP contribution in [0, 0.1) is 0 Å². The number of nitrogens with zero attached hydrogens (tertiary/aromatic N) is 2. The van der Waals surface area contributed by atoms with Crippen LogP contribution in [0.1, 0.15) is 26.3 Å². The third-order valence-corrected chi connectivity index (χ3v) is 8.48. The Morgan fingerprint density at radius 2 is 1.66 bits per heavy atom. The number of rotatable bonds is 1. The van der Waals surface area contributed by atoms with Crippen LogP contribution in [-0.4, -0.2) is 9.97 Å². The summed E-state index contributed by atoms with van der Waals surface area (Å²) in [5.41, 5.74) is 4.75. The van der Waals surface area contributed by atoms with E-state index in [1.807, 2.05) is 11.3 Å². The van der Waals surface area contributed by atoms with Crippen LogP contribution in [0.4, 0.5) is 0 Å². The molecule has 0 aliphatic heterocycles. The van der Waals surface area contributed by atoms with Gasteiger partial charge in [0.15, 0.2) is 0 Å². The molecule has 6 rings (SSSR count). The highest BCUT2D eigenvalue weighted by Gasteiger charge is 2.21. The zero-order valence-electron chi connectivity index (χ0n) is 16.3. The molecular weight excluding hydrogens is 412 g/mol. The first kappa shape index (κ1) is 17.5. The SMILES string of the molecule is CC(C)(C)c1cc(-c2ncnc3c2sc2ccc4sccc4c23)cc2ccsc12. The Bertz CT molecular complexity index is 1540. The predicted octanol–water partition coefficient (Wildman–Crippen LogP) is 8.24. The lowest BCUT2D eigenvalue weighted by atomic mass is 9.85. The first-order valence-electron chi connectivity index (χ1n) is 9.56. The molecule has 4 heterocycles. The standard InChI is InChI=1S/C24H18N2S3/c1-24(2,3)16-11-14(10-13-6-8-28-22(13)16)20-23-21(26-12-25-20)19-15-7-9-27-17(15)4-5-18(19)29-23/h4-12H,1-3H3. The first-order valence-corrected chi connectivity index (χ1v) is 12.1. The predicted molar refractivity (Wildman–Crippen MR) is 130 cm³/mol.